The van der Waals surface area contributed by atoms with Crippen LogP contribution in [-0.4, -0.2) is 6.04 Å². The molecule has 1 nitrogen and oxygen atoms in total. The van der Waals surface area contributed by atoms with E-state index in [0.29, 0.717) is 17.6 Å². The minimum Gasteiger partial charge on any atom is -0.381 e. The Hall–Kier alpha value is -0.900. The zero-order valence-corrected chi connectivity index (χ0v) is 11.1. The maximum Gasteiger partial charge on any atom is 0.416 e. The van der Waals surface area contributed by atoms with Crippen molar-refractivity contribution in [3.63, 3.8) is 0 Å². The summed E-state index contributed by atoms with van der Waals surface area (Å²) in [5, 5.41) is 3.47. The number of nitrogens with one attached hydrogen (secondary N) is 1. The van der Waals surface area contributed by atoms with Gasteiger partial charge in [0.2, 0.25) is 0 Å². The van der Waals surface area contributed by atoms with Crippen LogP contribution in [0.1, 0.15) is 31.2 Å². The summed E-state index contributed by atoms with van der Waals surface area (Å²) in [6.07, 6.45) is 0.538. The van der Waals surface area contributed by atoms with Crippen molar-refractivity contribution < 1.29 is 13.2 Å². The van der Waals surface area contributed by atoms with E-state index in [-0.39, 0.29) is 5.02 Å². The first-order chi connectivity index (χ1) is 8.93. The van der Waals surface area contributed by atoms with Gasteiger partial charge in [0.05, 0.1) is 16.3 Å². The number of rotatable bonds is 2. The summed E-state index contributed by atoms with van der Waals surface area (Å²) in [5.41, 5.74) is -0.0804. The molecule has 2 saturated carbocycles. The molecule has 104 valence electrons. The lowest BCUT2D eigenvalue weighted by atomic mass is 9.95. The Morgan fingerprint density at radius 3 is 2.47 bits per heavy atom. The third-order valence-electron chi connectivity index (χ3n) is 4.38. The molecule has 5 heteroatoms. The predicted molar refractivity (Wildman–Crippen MR) is 69.3 cm³/mol. The number of hydrogen-bond acceptors (Lipinski definition) is 1. The lowest BCUT2D eigenvalue weighted by molar-refractivity contribution is -0.137. The summed E-state index contributed by atoms with van der Waals surface area (Å²) in [6, 6.07) is 3.89. The normalized spacial score (nSPS) is 29.8. The van der Waals surface area contributed by atoms with Crippen LogP contribution in [0.5, 0.6) is 0 Å². The zero-order chi connectivity index (χ0) is 13.6. The number of hydrogen-bond donors (Lipinski definition) is 1. The quantitative estimate of drug-likeness (QED) is 0.811. The highest BCUT2D eigenvalue weighted by Gasteiger charge is 2.39. The highest BCUT2D eigenvalue weighted by atomic mass is 35.5. The van der Waals surface area contributed by atoms with Crippen molar-refractivity contribution in [1.82, 2.24) is 0 Å². The van der Waals surface area contributed by atoms with E-state index >= 15 is 0 Å². The monoisotopic (exact) mass is 289 g/mol. The van der Waals surface area contributed by atoms with Gasteiger partial charge in [0.15, 0.2) is 0 Å². The van der Waals surface area contributed by atoms with E-state index in [1.807, 2.05) is 0 Å². The molecule has 3 unspecified atom stereocenters. The van der Waals surface area contributed by atoms with Crippen molar-refractivity contribution in [3.8, 4) is 0 Å². The molecule has 2 fully saturated rings. The largest absolute Gasteiger partial charge is 0.416 e. The first-order valence-corrected chi connectivity index (χ1v) is 6.94. The number of alkyl halides is 3. The number of halogens is 4. The molecule has 0 spiro atoms. The van der Waals surface area contributed by atoms with Crippen molar-refractivity contribution in [1.29, 1.82) is 0 Å². The summed E-state index contributed by atoms with van der Waals surface area (Å²) < 4.78 is 37.6. The molecular weight excluding hydrogens is 275 g/mol. The van der Waals surface area contributed by atoms with Gasteiger partial charge in [-0.2, -0.15) is 13.2 Å². The molecule has 2 aliphatic carbocycles. The fourth-order valence-electron chi connectivity index (χ4n) is 3.43. The van der Waals surface area contributed by atoms with Crippen molar-refractivity contribution in [3.05, 3.63) is 28.8 Å². The number of benzene rings is 1. The molecule has 19 heavy (non-hydrogen) atoms. The Labute approximate surface area is 115 Å². The van der Waals surface area contributed by atoms with Crippen LogP contribution >= 0.6 is 11.6 Å². The van der Waals surface area contributed by atoms with Crippen molar-refractivity contribution in [2.24, 2.45) is 11.8 Å². The Balaban J connectivity index is 1.75. The minimum absolute atomic E-state index is 0.151. The van der Waals surface area contributed by atoms with E-state index < -0.39 is 11.7 Å². The third kappa shape index (κ3) is 2.55. The maximum absolute atomic E-state index is 12.5. The van der Waals surface area contributed by atoms with Gasteiger partial charge in [-0.25, -0.2) is 0 Å². The summed E-state index contributed by atoms with van der Waals surface area (Å²) in [4.78, 5) is 0. The minimum atomic E-state index is -4.34. The summed E-state index contributed by atoms with van der Waals surface area (Å²) >= 11 is 5.95. The van der Waals surface area contributed by atoms with Gasteiger partial charge in [-0.1, -0.05) is 18.0 Å². The van der Waals surface area contributed by atoms with Crippen LogP contribution in [0.3, 0.4) is 0 Å². The Kier molecular flexibility index (Phi) is 3.16. The molecule has 0 heterocycles. The molecule has 1 aromatic rings. The number of fused-ring (bicyclic) bond motifs is 2. The molecule has 2 aliphatic rings. The van der Waals surface area contributed by atoms with Crippen LogP contribution in [-0.2, 0) is 6.18 Å². The van der Waals surface area contributed by atoms with Crippen LogP contribution in [0.15, 0.2) is 18.2 Å². The molecule has 3 rings (SSSR count). The van der Waals surface area contributed by atoms with Crippen molar-refractivity contribution >= 4 is 17.3 Å². The molecule has 0 radical (unpaired) electrons. The van der Waals surface area contributed by atoms with E-state index in [4.69, 9.17) is 11.6 Å². The molecule has 0 amide bonds. The van der Waals surface area contributed by atoms with E-state index in [1.165, 1.54) is 25.3 Å². The highest BCUT2D eigenvalue weighted by molar-refractivity contribution is 6.33. The highest BCUT2D eigenvalue weighted by Crippen LogP contribution is 2.46. The van der Waals surface area contributed by atoms with Gasteiger partial charge in [0.1, 0.15) is 0 Å². The molecular formula is C14H15ClF3N. The van der Waals surface area contributed by atoms with E-state index in [0.717, 1.165) is 24.5 Å². The second kappa shape index (κ2) is 4.58. The van der Waals surface area contributed by atoms with Gasteiger partial charge in [-0.3, -0.25) is 0 Å². The topological polar surface area (TPSA) is 12.0 Å². The van der Waals surface area contributed by atoms with Crippen LogP contribution in [0.25, 0.3) is 0 Å². The average molecular weight is 290 g/mol. The van der Waals surface area contributed by atoms with Crippen LogP contribution in [0.2, 0.25) is 5.02 Å². The standard InChI is InChI=1S/C14H15ClF3N/c15-11-7-10(14(16,17)18)3-4-12(11)19-13-6-8-1-2-9(13)5-8/h3-4,7-9,13,19H,1-2,5-6H2. The smallest absolute Gasteiger partial charge is 0.381 e. The molecule has 0 aliphatic heterocycles. The van der Waals surface area contributed by atoms with Gasteiger partial charge in [0.25, 0.3) is 0 Å². The van der Waals surface area contributed by atoms with Gasteiger partial charge in [-0.05, 0) is 49.3 Å². The maximum atomic E-state index is 12.5. The third-order valence-corrected chi connectivity index (χ3v) is 4.69. The Morgan fingerprint density at radius 2 is 1.95 bits per heavy atom. The lowest BCUT2D eigenvalue weighted by Crippen LogP contribution is -2.26. The average Bonchev–Trinajstić information content (AvgIpc) is 2.92. The predicted octanol–water partition coefficient (Wildman–Crippen LogP) is 4.96. The molecule has 1 aromatic carbocycles. The summed E-state index contributed by atoms with van der Waals surface area (Å²) in [5.74, 6) is 1.44. The second-order valence-corrected chi connectivity index (χ2v) is 6.03. The van der Waals surface area contributed by atoms with Gasteiger partial charge in [0, 0.05) is 6.04 Å². The van der Waals surface area contributed by atoms with Crippen molar-refractivity contribution in [2.75, 3.05) is 5.32 Å². The van der Waals surface area contributed by atoms with Crippen LogP contribution in [0, 0.1) is 11.8 Å². The molecule has 0 aromatic heterocycles. The molecule has 1 N–H and O–H groups in total. The Bertz CT molecular complexity index is 486. The fourth-order valence-corrected chi connectivity index (χ4v) is 3.66. The fraction of sp³-hybridized carbons (Fsp3) is 0.571. The Morgan fingerprint density at radius 1 is 1.16 bits per heavy atom. The molecule has 0 saturated heterocycles. The van der Waals surface area contributed by atoms with E-state index in [9.17, 15) is 13.2 Å². The summed E-state index contributed by atoms with van der Waals surface area (Å²) in [7, 11) is 0. The van der Waals surface area contributed by atoms with Gasteiger partial charge >= 0.3 is 6.18 Å². The second-order valence-electron chi connectivity index (χ2n) is 5.62. The van der Waals surface area contributed by atoms with Gasteiger partial charge in [-0.15, -0.1) is 0 Å². The number of anilines is 1. The van der Waals surface area contributed by atoms with E-state index in [2.05, 4.69) is 5.32 Å². The van der Waals surface area contributed by atoms with Crippen LogP contribution in [0.4, 0.5) is 18.9 Å². The molecule has 3 atom stereocenters. The SMILES string of the molecule is FC(F)(F)c1ccc(NC2CC3CCC2C3)c(Cl)c1. The summed E-state index contributed by atoms with van der Waals surface area (Å²) in [6.45, 7) is 0. The first-order valence-electron chi connectivity index (χ1n) is 6.57. The van der Waals surface area contributed by atoms with E-state index in [1.54, 1.807) is 0 Å². The lowest BCUT2D eigenvalue weighted by Gasteiger charge is -2.24. The zero-order valence-electron chi connectivity index (χ0n) is 10.3. The van der Waals surface area contributed by atoms with Gasteiger partial charge < -0.3 is 5.32 Å². The first kappa shape index (κ1) is 13.1. The van der Waals surface area contributed by atoms with Crippen LogP contribution < -0.4 is 5.32 Å². The molecule has 2 bridgehead atoms. The van der Waals surface area contributed by atoms with Crippen molar-refractivity contribution in [2.45, 2.75) is 37.9 Å².